The molecule has 0 radical (unpaired) electrons. The first-order chi connectivity index (χ1) is 29.8. The smallest absolute Gasteiger partial charge is 0.0547 e. The first-order valence-corrected chi connectivity index (χ1v) is 20.6. The number of benzene rings is 10. The van der Waals surface area contributed by atoms with Crippen molar-refractivity contribution in [3.8, 4) is 50.2 Å². The molecule has 10 aromatic carbocycles. The molecule has 282 valence electrons. The van der Waals surface area contributed by atoms with Crippen LogP contribution in [-0.2, 0) is 0 Å². The van der Waals surface area contributed by atoms with Gasteiger partial charge >= 0.3 is 0 Å². The summed E-state index contributed by atoms with van der Waals surface area (Å²) in [6.07, 6.45) is 0. The van der Waals surface area contributed by atoms with Crippen LogP contribution in [0.1, 0.15) is 0 Å². The highest BCUT2D eigenvalue weighted by molar-refractivity contribution is 6.16. The maximum atomic E-state index is 2.39. The van der Waals surface area contributed by atoms with Gasteiger partial charge in [0.15, 0.2) is 0 Å². The lowest BCUT2D eigenvalue weighted by molar-refractivity contribution is 1.18. The van der Waals surface area contributed by atoms with Gasteiger partial charge in [0, 0.05) is 33.5 Å². The molecule has 1 aromatic heterocycles. The van der Waals surface area contributed by atoms with Gasteiger partial charge in [0.25, 0.3) is 0 Å². The summed E-state index contributed by atoms with van der Waals surface area (Å²) in [7, 11) is 0. The molecule has 2 heteroatoms. The van der Waals surface area contributed by atoms with Crippen LogP contribution in [0, 0.1) is 0 Å². The van der Waals surface area contributed by atoms with Gasteiger partial charge in [-0.05, 0) is 122 Å². The molecule has 0 fully saturated rings. The lowest BCUT2D eigenvalue weighted by atomic mass is 9.94. The standard InChI is InChI=1S/C58H40N2/c1-3-17-42(18-4-1)52-26-9-10-27-53(52)43-33-35-49(36-34-43)59(51-37-32-41-16-7-8-19-45(41)39-51)50-25-14-21-46(40-50)44-20-13-22-47(38-44)54-29-15-31-57-58(54)55-28-11-12-30-56(55)60(57)48-23-5-2-6-24-48/h1-40H. The molecular formula is C58H40N2. The van der Waals surface area contributed by atoms with E-state index in [4.69, 9.17) is 0 Å². The lowest BCUT2D eigenvalue weighted by Crippen LogP contribution is -2.10. The molecule has 0 aliphatic heterocycles. The van der Waals surface area contributed by atoms with E-state index < -0.39 is 0 Å². The fraction of sp³-hybridized carbons (Fsp3) is 0. The molecule has 0 N–H and O–H groups in total. The van der Waals surface area contributed by atoms with Gasteiger partial charge in [-0.2, -0.15) is 0 Å². The van der Waals surface area contributed by atoms with E-state index in [9.17, 15) is 0 Å². The monoisotopic (exact) mass is 764 g/mol. The van der Waals surface area contributed by atoms with Gasteiger partial charge in [0.2, 0.25) is 0 Å². The predicted octanol–water partition coefficient (Wildman–Crippen LogP) is 16.1. The van der Waals surface area contributed by atoms with Crippen LogP contribution in [0.2, 0.25) is 0 Å². The van der Waals surface area contributed by atoms with Crippen LogP contribution in [0.5, 0.6) is 0 Å². The first kappa shape index (κ1) is 35.2. The first-order valence-electron chi connectivity index (χ1n) is 20.6. The lowest BCUT2D eigenvalue weighted by Gasteiger charge is -2.27. The van der Waals surface area contributed by atoms with E-state index in [2.05, 4.69) is 252 Å². The molecule has 2 nitrogen and oxygen atoms in total. The molecular weight excluding hydrogens is 725 g/mol. The molecule has 0 aliphatic rings. The summed E-state index contributed by atoms with van der Waals surface area (Å²) in [5, 5.41) is 4.95. The third-order valence-electron chi connectivity index (χ3n) is 11.8. The van der Waals surface area contributed by atoms with Crippen LogP contribution >= 0.6 is 0 Å². The van der Waals surface area contributed by atoms with Crippen molar-refractivity contribution in [2.24, 2.45) is 0 Å². The molecule has 0 amide bonds. The molecule has 1 heterocycles. The molecule has 11 aromatic rings. The Labute approximate surface area is 350 Å². The highest BCUT2D eigenvalue weighted by Gasteiger charge is 2.18. The second-order valence-corrected chi connectivity index (χ2v) is 15.3. The number of para-hydroxylation sites is 2. The van der Waals surface area contributed by atoms with Gasteiger partial charge in [-0.3, -0.25) is 0 Å². The summed E-state index contributed by atoms with van der Waals surface area (Å²) in [6.45, 7) is 0. The minimum Gasteiger partial charge on any atom is -0.310 e. The van der Waals surface area contributed by atoms with Gasteiger partial charge in [-0.25, -0.2) is 0 Å². The van der Waals surface area contributed by atoms with Crippen molar-refractivity contribution in [3.63, 3.8) is 0 Å². The van der Waals surface area contributed by atoms with Crippen LogP contribution in [0.4, 0.5) is 17.1 Å². The Hall–Kier alpha value is -7.94. The topological polar surface area (TPSA) is 8.17 Å². The van der Waals surface area contributed by atoms with Crippen LogP contribution in [-0.4, -0.2) is 4.57 Å². The van der Waals surface area contributed by atoms with Gasteiger partial charge in [-0.15, -0.1) is 0 Å². The fourth-order valence-corrected chi connectivity index (χ4v) is 8.96. The van der Waals surface area contributed by atoms with Crippen LogP contribution in [0.3, 0.4) is 0 Å². The Balaban J connectivity index is 1.01. The van der Waals surface area contributed by atoms with Crippen molar-refractivity contribution in [2.75, 3.05) is 4.90 Å². The van der Waals surface area contributed by atoms with Crippen molar-refractivity contribution in [1.82, 2.24) is 4.57 Å². The van der Waals surface area contributed by atoms with Gasteiger partial charge in [0.1, 0.15) is 0 Å². The molecule has 11 rings (SSSR count). The zero-order valence-corrected chi connectivity index (χ0v) is 33.0. The highest BCUT2D eigenvalue weighted by atomic mass is 15.1. The SMILES string of the molecule is c1ccc(-c2ccccc2-c2ccc(N(c3cccc(-c4cccc(-c5cccc6c5c5ccccc5n6-c5ccccc5)c4)c3)c3ccc4ccccc4c3)cc2)cc1. The van der Waals surface area contributed by atoms with Crippen LogP contribution in [0.15, 0.2) is 243 Å². The summed E-state index contributed by atoms with van der Waals surface area (Å²) < 4.78 is 2.39. The number of aromatic nitrogens is 1. The third kappa shape index (κ3) is 6.32. The van der Waals surface area contributed by atoms with Gasteiger partial charge < -0.3 is 9.47 Å². The largest absolute Gasteiger partial charge is 0.310 e. The fourth-order valence-electron chi connectivity index (χ4n) is 8.96. The van der Waals surface area contributed by atoms with Crippen molar-refractivity contribution >= 4 is 49.6 Å². The number of fused-ring (bicyclic) bond motifs is 4. The van der Waals surface area contributed by atoms with E-state index >= 15 is 0 Å². The molecule has 0 unspecified atom stereocenters. The van der Waals surface area contributed by atoms with Crippen molar-refractivity contribution in [2.45, 2.75) is 0 Å². The van der Waals surface area contributed by atoms with Crippen molar-refractivity contribution in [1.29, 1.82) is 0 Å². The zero-order chi connectivity index (χ0) is 39.8. The summed E-state index contributed by atoms with van der Waals surface area (Å²) in [5.74, 6) is 0. The average Bonchev–Trinajstić information content (AvgIpc) is 3.67. The molecule has 0 saturated carbocycles. The molecule has 0 saturated heterocycles. The van der Waals surface area contributed by atoms with E-state index in [1.807, 2.05) is 0 Å². The number of hydrogen-bond acceptors (Lipinski definition) is 1. The average molecular weight is 765 g/mol. The summed E-state index contributed by atoms with van der Waals surface area (Å²) in [4.78, 5) is 2.38. The van der Waals surface area contributed by atoms with E-state index in [1.54, 1.807) is 0 Å². The Morgan fingerprint density at radius 3 is 1.62 bits per heavy atom. The van der Waals surface area contributed by atoms with Gasteiger partial charge in [-0.1, -0.05) is 176 Å². The number of anilines is 3. The minimum absolute atomic E-state index is 1.10. The maximum Gasteiger partial charge on any atom is 0.0547 e. The van der Waals surface area contributed by atoms with Crippen LogP contribution in [0.25, 0.3) is 82.8 Å². The molecule has 0 atom stereocenters. The number of nitrogens with zero attached hydrogens (tertiary/aromatic N) is 2. The normalized spacial score (nSPS) is 11.3. The van der Waals surface area contributed by atoms with Crippen molar-refractivity contribution < 1.29 is 0 Å². The van der Waals surface area contributed by atoms with E-state index in [-0.39, 0.29) is 0 Å². The zero-order valence-electron chi connectivity index (χ0n) is 33.0. The second-order valence-electron chi connectivity index (χ2n) is 15.3. The highest BCUT2D eigenvalue weighted by Crippen LogP contribution is 2.42. The summed E-state index contributed by atoms with van der Waals surface area (Å²) >= 11 is 0. The van der Waals surface area contributed by atoms with Gasteiger partial charge in [0.05, 0.1) is 11.0 Å². The van der Waals surface area contributed by atoms with Crippen molar-refractivity contribution in [3.05, 3.63) is 243 Å². The molecule has 0 spiro atoms. The summed E-state index contributed by atoms with van der Waals surface area (Å²) in [6, 6.07) is 87.8. The maximum absolute atomic E-state index is 2.39. The molecule has 0 aliphatic carbocycles. The molecule has 0 bridgehead atoms. The van der Waals surface area contributed by atoms with Crippen LogP contribution < -0.4 is 4.90 Å². The summed E-state index contributed by atoms with van der Waals surface area (Å²) in [5.41, 5.74) is 16.5. The Morgan fingerprint density at radius 1 is 0.283 bits per heavy atom. The number of hydrogen-bond donors (Lipinski definition) is 0. The Bertz CT molecular complexity index is 3310. The quantitative estimate of drug-likeness (QED) is 0.150. The van der Waals surface area contributed by atoms with E-state index in [0.29, 0.717) is 0 Å². The minimum atomic E-state index is 1.10. The predicted molar refractivity (Wildman–Crippen MR) is 255 cm³/mol. The second kappa shape index (κ2) is 15.1. The Kier molecular flexibility index (Phi) is 8.87. The molecule has 60 heavy (non-hydrogen) atoms. The Morgan fingerprint density at radius 2 is 0.817 bits per heavy atom. The van der Waals surface area contributed by atoms with E-state index in [0.717, 1.165) is 28.3 Å². The third-order valence-corrected chi connectivity index (χ3v) is 11.8. The van der Waals surface area contributed by atoms with E-state index in [1.165, 1.54) is 71.5 Å². The number of rotatable bonds is 8.